The highest BCUT2D eigenvalue weighted by Crippen LogP contribution is 2.32. The van der Waals surface area contributed by atoms with Gasteiger partial charge < -0.3 is 4.74 Å². The van der Waals surface area contributed by atoms with E-state index in [1.807, 2.05) is 0 Å². The second-order valence-electron chi connectivity index (χ2n) is 6.15. The number of esters is 1. The van der Waals surface area contributed by atoms with Crippen LogP contribution in [0.3, 0.4) is 0 Å². The number of nitro groups is 1. The van der Waals surface area contributed by atoms with Gasteiger partial charge >= 0.3 is 5.97 Å². The normalized spacial score (nSPS) is 13.8. The zero-order chi connectivity index (χ0) is 21.3. The lowest BCUT2D eigenvalue weighted by Crippen LogP contribution is -2.44. The van der Waals surface area contributed by atoms with Gasteiger partial charge in [-0.2, -0.15) is 0 Å². The number of ether oxygens (including phenoxy) is 1. The van der Waals surface area contributed by atoms with Crippen molar-refractivity contribution in [3.8, 4) is 0 Å². The van der Waals surface area contributed by atoms with Crippen LogP contribution in [0.2, 0.25) is 0 Å². The van der Waals surface area contributed by atoms with Gasteiger partial charge in [0.25, 0.3) is 17.5 Å². The Morgan fingerprint density at radius 3 is 2.41 bits per heavy atom. The number of benzene rings is 2. The lowest BCUT2D eigenvalue weighted by Gasteiger charge is -2.20. The maximum absolute atomic E-state index is 12.9. The number of carbonyl (C=O) groups is 4. The molecule has 0 radical (unpaired) electrons. The molecule has 0 N–H and O–H groups in total. The van der Waals surface area contributed by atoms with Gasteiger partial charge in [0, 0.05) is 11.6 Å². The summed E-state index contributed by atoms with van der Waals surface area (Å²) < 4.78 is 17.8. The van der Waals surface area contributed by atoms with Gasteiger partial charge in [-0.25, -0.2) is 9.18 Å². The van der Waals surface area contributed by atoms with Crippen molar-refractivity contribution in [2.75, 3.05) is 6.61 Å². The third-order valence-electron chi connectivity index (χ3n) is 4.36. The number of fused-ring (bicyclic) bond motifs is 1. The van der Waals surface area contributed by atoms with Gasteiger partial charge in [-0.1, -0.05) is 6.07 Å². The summed E-state index contributed by atoms with van der Waals surface area (Å²) in [7, 11) is 0. The fraction of sp³-hybridized carbons (Fsp3) is 0.158. The molecule has 1 heterocycles. The first kappa shape index (κ1) is 19.8. The standard InChI is InChI=1S/C19H13FN2O7/c1-10(19(26)29-9-15(23)11-5-7-12(20)8-6-11)21-17(24)13-3-2-4-14(22(27)28)16(13)18(21)25/h2-8,10H,9H2,1H3. The molecule has 2 aromatic rings. The van der Waals surface area contributed by atoms with E-state index in [-0.39, 0.29) is 11.1 Å². The average molecular weight is 400 g/mol. The first-order valence-corrected chi connectivity index (χ1v) is 8.33. The number of hydrogen-bond acceptors (Lipinski definition) is 7. The largest absolute Gasteiger partial charge is 0.456 e. The molecule has 10 heteroatoms. The molecule has 0 spiro atoms. The minimum Gasteiger partial charge on any atom is -0.456 e. The smallest absolute Gasteiger partial charge is 0.329 e. The molecule has 1 unspecified atom stereocenters. The minimum absolute atomic E-state index is 0.114. The van der Waals surface area contributed by atoms with Gasteiger partial charge in [0.15, 0.2) is 12.4 Å². The molecule has 3 rings (SSSR count). The molecular weight excluding hydrogens is 387 g/mol. The van der Waals surface area contributed by atoms with Crippen LogP contribution < -0.4 is 0 Å². The zero-order valence-electron chi connectivity index (χ0n) is 15.0. The second-order valence-corrected chi connectivity index (χ2v) is 6.15. The summed E-state index contributed by atoms with van der Waals surface area (Å²) in [6.07, 6.45) is 0. The van der Waals surface area contributed by atoms with Crippen molar-refractivity contribution >= 4 is 29.3 Å². The van der Waals surface area contributed by atoms with Gasteiger partial charge in [-0.3, -0.25) is 29.4 Å². The Labute approximate surface area is 162 Å². The van der Waals surface area contributed by atoms with E-state index in [2.05, 4.69) is 0 Å². The highest BCUT2D eigenvalue weighted by atomic mass is 19.1. The molecule has 1 atom stereocenters. The summed E-state index contributed by atoms with van der Waals surface area (Å²) in [4.78, 5) is 60.2. The van der Waals surface area contributed by atoms with Crippen LogP contribution in [0.1, 0.15) is 38.0 Å². The van der Waals surface area contributed by atoms with E-state index < -0.39 is 58.2 Å². The minimum atomic E-state index is -1.41. The van der Waals surface area contributed by atoms with Crippen molar-refractivity contribution in [3.63, 3.8) is 0 Å². The van der Waals surface area contributed by atoms with Crippen LogP contribution in [0.15, 0.2) is 42.5 Å². The molecule has 0 saturated heterocycles. The van der Waals surface area contributed by atoms with Gasteiger partial charge in [-0.05, 0) is 37.3 Å². The van der Waals surface area contributed by atoms with E-state index in [0.717, 1.165) is 18.2 Å². The van der Waals surface area contributed by atoms with Gasteiger partial charge in [0.2, 0.25) is 0 Å². The molecule has 1 aliphatic rings. The molecule has 2 aromatic carbocycles. The van der Waals surface area contributed by atoms with Crippen LogP contribution >= 0.6 is 0 Å². The van der Waals surface area contributed by atoms with Crippen LogP contribution in [0, 0.1) is 15.9 Å². The van der Waals surface area contributed by atoms with E-state index in [1.54, 1.807) is 0 Å². The Kier molecular flexibility index (Phi) is 5.18. The molecule has 148 valence electrons. The summed E-state index contributed by atoms with van der Waals surface area (Å²) in [5, 5.41) is 11.1. The van der Waals surface area contributed by atoms with E-state index in [1.165, 1.54) is 31.2 Å². The van der Waals surface area contributed by atoms with E-state index >= 15 is 0 Å². The molecule has 0 aromatic heterocycles. The molecule has 0 aliphatic carbocycles. The Hall–Kier alpha value is -3.95. The van der Waals surface area contributed by atoms with E-state index in [9.17, 15) is 33.7 Å². The highest BCUT2D eigenvalue weighted by molar-refractivity contribution is 6.24. The van der Waals surface area contributed by atoms with E-state index in [4.69, 9.17) is 4.74 Å². The number of hydrogen-bond donors (Lipinski definition) is 0. The number of imide groups is 1. The lowest BCUT2D eigenvalue weighted by molar-refractivity contribution is -0.385. The maximum atomic E-state index is 12.9. The zero-order valence-corrected chi connectivity index (χ0v) is 15.0. The Balaban J connectivity index is 1.73. The highest BCUT2D eigenvalue weighted by Gasteiger charge is 2.45. The molecular formula is C19H13FN2O7. The fourth-order valence-electron chi connectivity index (χ4n) is 2.87. The maximum Gasteiger partial charge on any atom is 0.329 e. The summed E-state index contributed by atoms with van der Waals surface area (Å²) in [5.41, 5.74) is -1.02. The van der Waals surface area contributed by atoms with Crippen molar-refractivity contribution in [1.82, 2.24) is 4.90 Å². The summed E-state index contributed by atoms with van der Waals surface area (Å²) in [5.74, 6) is -4.05. The quantitative estimate of drug-likeness (QED) is 0.239. The number of amides is 2. The fourth-order valence-corrected chi connectivity index (χ4v) is 2.87. The summed E-state index contributed by atoms with van der Waals surface area (Å²) in [6.45, 7) is 0.524. The Morgan fingerprint density at radius 2 is 1.79 bits per heavy atom. The number of Topliss-reactive ketones (excluding diaryl/α,β-unsaturated/α-hetero) is 1. The summed E-state index contributed by atoms with van der Waals surface area (Å²) in [6, 6.07) is 6.76. The van der Waals surface area contributed by atoms with Crippen molar-refractivity contribution < 1.29 is 33.2 Å². The number of nitro benzene ring substituents is 1. The summed E-state index contributed by atoms with van der Waals surface area (Å²) >= 11 is 0. The molecule has 1 aliphatic heterocycles. The third-order valence-corrected chi connectivity index (χ3v) is 4.36. The first-order valence-electron chi connectivity index (χ1n) is 8.33. The average Bonchev–Trinajstić information content (AvgIpc) is 2.96. The van der Waals surface area contributed by atoms with Crippen LogP contribution in [0.25, 0.3) is 0 Å². The van der Waals surface area contributed by atoms with Crippen molar-refractivity contribution in [2.24, 2.45) is 0 Å². The molecule has 29 heavy (non-hydrogen) atoms. The van der Waals surface area contributed by atoms with Crippen LogP contribution in [-0.2, 0) is 9.53 Å². The molecule has 0 saturated carbocycles. The molecule has 2 amide bonds. The monoisotopic (exact) mass is 400 g/mol. The van der Waals surface area contributed by atoms with Crippen molar-refractivity contribution in [3.05, 3.63) is 75.1 Å². The second kappa shape index (κ2) is 7.58. The number of ketones is 1. The van der Waals surface area contributed by atoms with Crippen molar-refractivity contribution in [1.29, 1.82) is 0 Å². The SMILES string of the molecule is CC(C(=O)OCC(=O)c1ccc(F)cc1)N1C(=O)c2cccc([N+](=O)[O-])c2C1=O. The van der Waals surface area contributed by atoms with E-state index in [0.29, 0.717) is 4.90 Å². The van der Waals surface area contributed by atoms with Crippen LogP contribution in [0.5, 0.6) is 0 Å². The van der Waals surface area contributed by atoms with Gasteiger partial charge in [0.1, 0.15) is 17.4 Å². The number of rotatable bonds is 6. The van der Waals surface area contributed by atoms with Crippen LogP contribution in [0.4, 0.5) is 10.1 Å². The van der Waals surface area contributed by atoms with Gasteiger partial charge in [-0.15, -0.1) is 0 Å². The topological polar surface area (TPSA) is 124 Å². The molecule has 0 fully saturated rings. The first-order chi connectivity index (χ1) is 13.7. The Bertz CT molecular complexity index is 1050. The third kappa shape index (κ3) is 3.59. The molecule has 0 bridgehead atoms. The Morgan fingerprint density at radius 1 is 1.14 bits per heavy atom. The number of nitrogens with zero attached hydrogens (tertiary/aromatic N) is 2. The number of carbonyl (C=O) groups excluding carboxylic acids is 4. The number of halogens is 1. The predicted molar refractivity (Wildman–Crippen MR) is 94.7 cm³/mol. The van der Waals surface area contributed by atoms with Gasteiger partial charge in [0.05, 0.1) is 10.5 Å². The predicted octanol–water partition coefficient (Wildman–Crippen LogP) is 2.14. The lowest BCUT2D eigenvalue weighted by atomic mass is 10.1. The molecule has 9 nitrogen and oxygen atoms in total. The van der Waals surface area contributed by atoms with Crippen molar-refractivity contribution in [2.45, 2.75) is 13.0 Å². The van der Waals surface area contributed by atoms with Crippen LogP contribution in [-0.4, -0.2) is 46.0 Å².